The van der Waals surface area contributed by atoms with Crippen LogP contribution >= 0.6 is 0 Å². The number of halogens is 2. The molecule has 2 rings (SSSR count). The Labute approximate surface area is 168 Å². The maximum absolute atomic E-state index is 13.5. The van der Waals surface area contributed by atoms with Crippen molar-refractivity contribution in [1.29, 1.82) is 0 Å². The zero-order chi connectivity index (χ0) is 21.6. The first-order valence-corrected chi connectivity index (χ1v) is 10.8. The Hall–Kier alpha value is -2.11. The molecule has 2 atom stereocenters. The fourth-order valence-corrected chi connectivity index (χ4v) is 4.45. The second kappa shape index (κ2) is 10.1. The number of hydrogen-bond donors (Lipinski definition) is 2. The van der Waals surface area contributed by atoms with Gasteiger partial charge in [-0.2, -0.15) is 4.31 Å². The van der Waals surface area contributed by atoms with Gasteiger partial charge >= 0.3 is 0 Å². The molecule has 29 heavy (non-hydrogen) atoms. The van der Waals surface area contributed by atoms with E-state index < -0.39 is 33.5 Å². The van der Waals surface area contributed by atoms with Crippen molar-refractivity contribution < 1.29 is 31.5 Å². The Kier molecular flexibility index (Phi) is 8.05. The van der Waals surface area contributed by atoms with Crippen LogP contribution in [0.2, 0.25) is 0 Å². The summed E-state index contributed by atoms with van der Waals surface area (Å²) < 4.78 is 58.0. The summed E-state index contributed by atoms with van der Waals surface area (Å²) in [4.78, 5) is 23.7. The van der Waals surface area contributed by atoms with Crippen molar-refractivity contribution >= 4 is 21.8 Å². The van der Waals surface area contributed by atoms with E-state index in [1.54, 1.807) is 13.8 Å². The van der Waals surface area contributed by atoms with Gasteiger partial charge in [-0.1, -0.05) is 0 Å². The highest BCUT2D eigenvalue weighted by atomic mass is 32.2. The van der Waals surface area contributed by atoms with E-state index in [1.807, 2.05) is 0 Å². The summed E-state index contributed by atoms with van der Waals surface area (Å²) in [6.45, 7) is 3.99. The van der Waals surface area contributed by atoms with Gasteiger partial charge in [0.15, 0.2) is 0 Å². The van der Waals surface area contributed by atoms with Gasteiger partial charge in [-0.05, 0) is 26.0 Å². The van der Waals surface area contributed by atoms with Crippen LogP contribution < -0.4 is 10.6 Å². The highest BCUT2D eigenvalue weighted by Gasteiger charge is 2.30. The highest BCUT2D eigenvalue weighted by molar-refractivity contribution is 7.89. The van der Waals surface area contributed by atoms with Gasteiger partial charge in [0.25, 0.3) is 5.91 Å². The molecule has 1 aliphatic heterocycles. The van der Waals surface area contributed by atoms with Crippen LogP contribution in [0.3, 0.4) is 0 Å². The number of ether oxygens (including phenoxy) is 1. The van der Waals surface area contributed by atoms with Crippen LogP contribution in [0, 0.1) is 11.6 Å². The van der Waals surface area contributed by atoms with E-state index in [4.69, 9.17) is 4.74 Å². The number of morpholine rings is 1. The molecule has 1 heterocycles. The molecule has 0 aliphatic carbocycles. The Morgan fingerprint density at radius 2 is 1.79 bits per heavy atom. The molecule has 0 saturated carbocycles. The summed E-state index contributed by atoms with van der Waals surface area (Å²) >= 11 is 0. The molecule has 162 valence electrons. The third-order valence-corrected chi connectivity index (χ3v) is 6.08. The van der Waals surface area contributed by atoms with Crippen molar-refractivity contribution in [2.45, 2.75) is 32.5 Å². The average molecular weight is 433 g/mol. The smallest absolute Gasteiger partial charge is 0.254 e. The first-order chi connectivity index (χ1) is 13.6. The molecule has 1 aromatic carbocycles. The van der Waals surface area contributed by atoms with Gasteiger partial charge in [0.1, 0.15) is 11.6 Å². The topological polar surface area (TPSA) is 105 Å². The molecule has 8 nitrogen and oxygen atoms in total. The molecule has 2 N–H and O–H groups in total. The summed E-state index contributed by atoms with van der Waals surface area (Å²) in [6.07, 6.45) is -0.504. The fraction of sp³-hybridized carbons (Fsp3) is 0.556. The number of sulfonamides is 1. The van der Waals surface area contributed by atoms with Gasteiger partial charge in [-0.15, -0.1) is 0 Å². The van der Waals surface area contributed by atoms with Crippen molar-refractivity contribution in [1.82, 2.24) is 14.9 Å². The van der Waals surface area contributed by atoms with Crippen LogP contribution in [0.25, 0.3) is 0 Å². The van der Waals surface area contributed by atoms with E-state index >= 15 is 0 Å². The number of rotatable bonds is 8. The van der Waals surface area contributed by atoms with Crippen LogP contribution in [0.15, 0.2) is 18.2 Å². The van der Waals surface area contributed by atoms with Crippen LogP contribution in [0.4, 0.5) is 8.78 Å². The molecule has 11 heteroatoms. The average Bonchev–Trinajstić information content (AvgIpc) is 2.60. The van der Waals surface area contributed by atoms with Crippen LogP contribution in [0.1, 0.15) is 30.6 Å². The quantitative estimate of drug-likeness (QED) is 0.626. The third-order valence-electron chi connectivity index (χ3n) is 4.28. The summed E-state index contributed by atoms with van der Waals surface area (Å²) in [5, 5.41) is 4.84. The lowest BCUT2D eigenvalue weighted by molar-refractivity contribution is -0.120. The normalized spacial score (nSPS) is 20.3. The van der Waals surface area contributed by atoms with Crippen molar-refractivity contribution in [3.05, 3.63) is 35.4 Å². The predicted octanol–water partition coefficient (Wildman–Crippen LogP) is 0.640. The summed E-state index contributed by atoms with van der Waals surface area (Å²) in [5.74, 6) is -3.26. The van der Waals surface area contributed by atoms with Crippen LogP contribution in [0.5, 0.6) is 0 Å². The monoisotopic (exact) mass is 433 g/mol. The molecule has 1 aromatic rings. The number of benzene rings is 1. The molecular weight excluding hydrogens is 408 g/mol. The van der Waals surface area contributed by atoms with Gasteiger partial charge < -0.3 is 15.4 Å². The van der Waals surface area contributed by atoms with Gasteiger partial charge in [0, 0.05) is 38.7 Å². The lowest BCUT2D eigenvalue weighted by Crippen LogP contribution is -2.49. The molecule has 0 bridgehead atoms. The molecule has 0 unspecified atom stereocenters. The molecule has 1 saturated heterocycles. The van der Waals surface area contributed by atoms with E-state index in [2.05, 4.69) is 10.6 Å². The minimum atomic E-state index is -3.53. The number of hydrogen-bond acceptors (Lipinski definition) is 5. The number of amides is 2. The molecular formula is C18H25F2N3O5S. The Morgan fingerprint density at radius 3 is 2.41 bits per heavy atom. The van der Waals surface area contributed by atoms with E-state index in [9.17, 15) is 26.8 Å². The fourth-order valence-electron chi connectivity index (χ4n) is 2.95. The minimum absolute atomic E-state index is 0.0676. The molecule has 1 fully saturated rings. The maximum atomic E-state index is 13.5. The lowest BCUT2D eigenvalue weighted by Gasteiger charge is -2.34. The lowest BCUT2D eigenvalue weighted by atomic mass is 10.2. The molecule has 1 aliphatic rings. The maximum Gasteiger partial charge on any atom is 0.254 e. The minimum Gasteiger partial charge on any atom is -0.373 e. The Morgan fingerprint density at radius 1 is 1.14 bits per heavy atom. The van der Waals surface area contributed by atoms with Gasteiger partial charge in [0.05, 0.1) is 23.5 Å². The largest absolute Gasteiger partial charge is 0.373 e. The van der Waals surface area contributed by atoms with Crippen molar-refractivity contribution in [3.63, 3.8) is 0 Å². The number of carbonyl (C=O) groups excluding carboxylic acids is 2. The van der Waals surface area contributed by atoms with Crippen molar-refractivity contribution in [2.75, 3.05) is 31.9 Å². The van der Waals surface area contributed by atoms with E-state index in [1.165, 1.54) is 4.31 Å². The number of nitrogens with one attached hydrogen (secondary N) is 2. The Balaban J connectivity index is 1.71. The molecule has 0 aromatic heterocycles. The summed E-state index contributed by atoms with van der Waals surface area (Å²) in [7, 11) is -3.53. The first kappa shape index (κ1) is 23.2. The third kappa shape index (κ3) is 7.02. The van der Waals surface area contributed by atoms with Crippen LogP contribution in [-0.4, -0.2) is 68.7 Å². The van der Waals surface area contributed by atoms with Crippen molar-refractivity contribution in [3.8, 4) is 0 Å². The van der Waals surface area contributed by atoms with Crippen LogP contribution in [-0.2, 0) is 19.6 Å². The number of nitrogens with zero attached hydrogens (tertiary/aromatic N) is 1. The summed E-state index contributed by atoms with van der Waals surface area (Å²) in [5.41, 5.74) is -0.327. The van der Waals surface area contributed by atoms with Gasteiger partial charge in [-0.3, -0.25) is 9.59 Å². The zero-order valence-electron chi connectivity index (χ0n) is 16.3. The number of carbonyl (C=O) groups is 2. The van der Waals surface area contributed by atoms with Gasteiger partial charge in [0.2, 0.25) is 15.9 Å². The molecule has 0 spiro atoms. The standard InChI is InChI=1S/C18H25F2N3O5S/c1-12-10-23(11-13(2)28-12)29(26,27)8-7-21-17(24)5-6-22-18(25)15-4-3-14(19)9-16(15)20/h3-4,9,12-13H,5-8,10-11H2,1-2H3,(H,21,24)(H,22,25)/t12-,13+. The zero-order valence-corrected chi connectivity index (χ0v) is 17.1. The molecule has 2 amide bonds. The second-order valence-electron chi connectivity index (χ2n) is 6.87. The molecule has 0 radical (unpaired) electrons. The van der Waals surface area contributed by atoms with Gasteiger partial charge in [-0.25, -0.2) is 17.2 Å². The SMILES string of the molecule is C[C@@H]1CN(S(=O)(=O)CCNC(=O)CCNC(=O)c2ccc(F)cc2F)C[C@H](C)O1. The predicted molar refractivity (Wildman–Crippen MR) is 102 cm³/mol. The van der Waals surface area contributed by atoms with Crippen molar-refractivity contribution in [2.24, 2.45) is 0 Å². The van der Waals surface area contributed by atoms with E-state index in [0.717, 1.165) is 12.1 Å². The first-order valence-electron chi connectivity index (χ1n) is 9.21. The highest BCUT2D eigenvalue weighted by Crippen LogP contribution is 2.14. The van der Waals surface area contributed by atoms with E-state index in [0.29, 0.717) is 6.07 Å². The van der Waals surface area contributed by atoms with E-state index in [-0.39, 0.29) is 56.1 Å². The summed E-state index contributed by atoms with van der Waals surface area (Å²) in [6, 6.07) is 2.57. The Bertz CT molecular complexity index is 840. The second-order valence-corrected chi connectivity index (χ2v) is 8.96.